The summed E-state index contributed by atoms with van der Waals surface area (Å²) in [5.41, 5.74) is 4.21. The summed E-state index contributed by atoms with van der Waals surface area (Å²) in [6.45, 7) is 6.05. The van der Waals surface area contributed by atoms with Crippen LogP contribution in [-0.2, 0) is 9.53 Å². The van der Waals surface area contributed by atoms with Crippen molar-refractivity contribution in [2.24, 2.45) is 5.92 Å². The fourth-order valence-corrected chi connectivity index (χ4v) is 8.22. The van der Waals surface area contributed by atoms with Crippen molar-refractivity contribution in [3.05, 3.63) is 89.0 Å². The van der Waals surface area contributed by atoms with Gasteiger partial charge >= 0.3 is 6.09 Å². The largest absolute Gasteiger partial charge is 0.453 e. The molecule has 7 rings (SSSR count). The van der Waals surface area contributed by atoms with Crippen LogP contribution in [0.15, 0.2) is 54.6 Å². The fourth-order valence-electron chi connectivity index (χ4n) is 8.22. The number of fused-ring (bicyclic) bond motifs is 1. The zero-order valence-electron chi connectivity index (χ0n) is 29.3. The number of halogens is 3. The number of hydrogen-bond acceptors (Lipinski definition) is 6. The van der Waals surface area contributed by atoms with Crippen LogP contribution in [-0.4, -0.2) is 66.2 Å². The highest BCUT2D eigenvalue weighted by atomic mass is 19.1. The first kappa shape index (κ1) is 34.7. The van der Waals surface area contributed by atoms with Gasteiger partial charge in [-0.05, 0) is 97.9 Å². The number of rotatable bonds is 8. The predicted octanol–water partition coefficient (Wildman–Crippen LogP) is 7.75. The first-order chi connectivity index (χ1) is 24.6. The van der Waals surface area contributed by atoms with Gasteiger partial charge in [0.25, 0.3) is 0 Å². The van der Waals surface area contributed by atoms with Crippen LogP contribution in [0.2, 0.25) is 0 Å². The Kier molecular flexibility index (Phi) is 9.85. The van der Waals surface area contributed by atoms with E-state index in [4.69, 9.17) is 9.72 Å². The number of nitrogens with zero attached hydrogens (tertiary/aromatic N) is 4. The highest BCUT2D eigenvalue weighted by Gasteiger charge is 2.38. The van der Waals surface area contributed by atoms with E-state index in [0.717, 1.165) is 60.7 Å². The van der Waals surface area contributed by atoms with Gasteiger partial charge in [0.1, 0.15) is 23.4 Å². The summed E-state index contributed by atoms with van der Waals surface area (Å²) in [5.74, 6) is -0.781. The van der Waals surface area contributed by atoms with Gasteiger partial charge in [-0.2, -0.15) is 0 Å². The Hall–Kier alpha value is -4.74. The van der Waals surface area contributed by atoms with Crippen molar-refractivity contribution in [1.82, 2.24) is 20.2 Å². The van der Waals surface area contributed by atoms with Crippen molar-refractivity contribution >= 4 is 34.4 Å². The van der Waals surface area contributed by atoms with Crippen molar-refractivity contribution in [3.63, 3.8) is 0 Å². The maximum Gasteiger partial charge on any atom is 0.407 e. The van der Waals surface area contributed by atoms with Crippen molar-refractivity contribution in [2.75, 3.05) is 43.1 Å². The van der Waals surface area contributed by atoms with E-state index < -0.39 is 23.8 Å². The molecule has 12 heteroatoms. The third-order valence-corrected chi connectivity index (χ3v) is 10.9. The Morgan fingerprint density at radius 2 is 1.53 bits per heavy atom. The molecule has 0 aliphatic carbocycles. The lowest BCUT2D eigenvalue weighted by molar-refractivity contribution is -0.135. The van der Waals surface area contributed by atoms with E-state index in [-0.39, 0.29) is 41.3 Å². The molecule has 3 aliphatic rings. The standard InChI is InChI=1S/C39H45F3N6O3/c1-23(2)35(45-39(50)51-3)38(49)48-17-5-7-34(48)37-43-31-13-10-26(20-32(31)44-37)33-6-4-16-47(33)28-21-29(41)36(30(42)22-28)46-18-14-25(15-19-46)24-8-11-27(40)12-9-24/h8-13,20-23,25,33-35H,4-7,14-19H2,1-3H3,(H,43,44)(H,45,50)/t33-,34+,35+/m1/s1. The number of H-pyrrole nitrogens is 1. The molecule has 0 spiro atoms. The van der Waals surface area contributed by atoms with Crippen molar-refractivity contribution in [3.8, 4) is 0 Å². The second-order valence-corrected chi connectivity index (χ2v) is 14.4. The quantitative estimate of drug-likeness (QED) is 0.195. The van der Waals surface area contributed by atoms with E-state index in [1.54, 1.807) is 21.9 Å². The number of aromatic nitrogens is 2. The van der Waals surface area contributed by atoms with E-state index in [9.17, 15) is 14.0 Å². The predicted molar refractivity (Wildman–Crippen MR) is 190 cm³/mol. The Morgan fingerprint density at radius 1 is 0.863 bits per heavy atom. The zero-order valence-corrected chi connectivity index (χ0v) is 29.3. The molecule has 3 aromatic carbocycles. The zero-order chi connectivity index (χ0) is 35.8. The first-order valence-electron chi connectivity index (χ1n) is 18.0. The van der Waals surface area contributed by atoms with Gasteiger partial charge in [-0.1, -0.05) is 32.0 Å². The van der Waals surface area contributed by atoms with Gasteiger partial charge in [-0.25, -0.2) is 22.9 Å². The third kappa shape index (κ3) is 6.97. The molecule has 2 amide bonds. The molecule has 4 aromatic rings. The van der Waals surface area contributed by atoms with Gasteiger partial charge in [0, 0.05) is 31.9 Å². The van der Waals surface area contributed by atoms with Crippen LogP contribution in [0, 0.1) is 23.4 Å². The smallest absolute Gasteiger partial charge is 0.407 e. The fraction of sp³-hybridized carbons (Fsp3) is 0.462. The number of ether oxygens (including phenoxy) is 1. The summed E-state index contributed by atoms with van der Waals surface area (Å²) in [7, 11) is 1.28. The Labute approximate surface area is 296 Å². The number of methoxy groups -OCH3 is 1. The topological polar surface area (TPSA) is 93.8 Å². The van der Waals surface area contributed by atoms with Crippen LogP contribution in [0.5, 0.6) is 0 Å². The minimum atomic E-state index is -0.717. The molecular formula is C39H45F3N6O3. The molecule has 9 nitrogen and oxygen atoms in total. The normalized spacial score (nSPS) is 20.4. The van der Waals surface area contributed by atoms with Gasteiger partial charge in [0.05, 0.1) is 30.2 Å². The Morgan fingerprint density at radius 3 is 2.22 bits per heavy atom. The third-order valence-electron chi connectivity index (χ3n) is 10.9. The lowest BCUT2D eigenvalue weighted by Gasteiger charge is -2.35. The summed E-state index contributed by atoms with van der Waals surface area (Å²) in [6, 6.07) is 14.4. The SMILES string of the molecule is COC(=O)N[C@H](C(=O)N1CCC[C@H]1c1nc2ccc([C@H]3CCCN3c3cc(F)c(N4CCC(c5ccc(F)cc5)CC4)c(F)c3)cc2[nH]1)C(C)C. The number of carbonyl (C=O) groups is 2. The lowest BCUT2D eigenvalue weighted by atomic mass is 9.89. The molecule has 0 unspecified atom stereocenters. The molecule has 3 saturated heterocycles. The van der Waals surface area contributed by atoms with Crippen LogP contribution in [0.25, 0.3) is 11.0 Å². The number of piperidine rings is 1. The van der Waals surface area contributed by atoms with Crippen molar-refractivity contribution in [2.45, 2.75) is 76.4 Å². The maximum atomic E-state index is 15.7. The van der Waals surface area contributed by atoms with E-state index in [0.29, 0.717) is 37.7 Å². The Balaban J connectivity index is 1.07. The molecule has 270 valence electrons. The second-order valence-electron chi connectivity index (χ2n) is 14.4. The number of anilines is 2. The molecule has 3 atom stereocenters. The molecular weight excluding hydrogens is 657 g/mol. The molecule has 3 fully saturated rings. The highest BCUT2D eigenvalue weighted by molar-refractivity contribution is 5.86. The molecule has 1 aromatic heterocycles. The van der Waals surface area contributed by atoms with Gasteiger partial charge in [0.15, 0.2) is 11.6 Å². The van der Waals surface area contributed by atoms with E-state index in [1.807, 2.05) is 26.0 Å². The molecule has 4 heterocycles. The van der Waals surface area contributed by atoms with E-state index in [1.165, 1.54) is 31.4 Å². The summed E-state index contributed by atoms with van der Waals surface area (Å²) in [4.78, 5) is 39.6. The van der Waals surface area contributed by atoms with E-state index >= 15 is 8.78 Å². The van der Waals surface area contributed by atoms with Crippen LogP contribution >= 0.6 is 0 Å². The second kappa shape index (κ2) is 14.5. The molecule has 0 bridgehead atoms. The first-order valence-corrected chi connectivity index (χ1v) is 18.0. The van der Waals surface area contributed by atoms with Crippen molar-refractivity contribution in [1.29, 1.82) is 0 Å². The van der Waals surface area contributed by atoms with Gasteiger partial charge in [-0.15, -0.1) is 0 Å². The summed E-state index contributed by atoms with van der Waals surface area (Å²) < 4.78 is 49.6. The minimum Gasteiger partial charge on any atom is -0.453 e. The van der Waals surface area contributed by atoms with Crippen LogP contribution in [0.1, 0.15) is 87.3 Å². The molecule has 2 N–H and O–H groups in total. The summed E-state index contributed by atoms with van der Waals surface area (Å²) >= 11 is 0. The van der Waals surface area contributed by atoms with Crippen LogP contribution < -0.4 is 15.1 Å². The minimum absolute atomic E-state index is 0.0127. The van der Waals surface area contributed by atoms with Gasteiger partial charge in [-0.3, -0.25) is 4.79 Å². The number of imidazole rings is 1. The number of nitrogens with one attached hydrogen (secondary N) is 2. The van der Waals surface area contributed by atoms with Gasteiger partial charge < -0.3 is 29.7 Å². The number of aromatic amines is 1. The van der Waals surface area contributed by atoms with Crippen molar-refractivity contribution < 1.29 is 27.5 Å². The number of carbonyl (C=O) groups excluding carboxylic acids is 2. The maximum absolute atomic E-state index is 15.7. The highest BCUT2D eigenvalue weighted by Crippen LogP contribution is 2.41. The lowest BCUT2D eigenvalue weighted by Crippen LogP contribution is -2.51. The van der Waals surface area contributed by atoms with Gasteiger partial charge in [0.2, 0.25) is 5.91 Å². The molecule has 0 saturated carbocycles. The molecule has 3 aliphatic heterocycles. The van der Waals surface area contributed by atoms with Crippen LogP contribution in [0.3, 0.4) is 0 Å². The summed E-state index contributed by atoms with van der Waals surface area (Å²) in [5, 5.41) is 2.69. The number of alkyl carbamates (subject to hydrolysis) is 1. The molecule has 51 heavy (non-hydrogen) atoms. The van der Waals surface area contributed by atoms with E-state index in [2.05, 4.69) is 21.3 Å². The number of likely N-dealkylation sites (tertiary alicyclic amines) is 1. The monoisotopic (exact) mass is 702 g/mol. The number of amides is 2. The molecule has 0 radical (unpaired) electrons. The Bertz CT molecular complexity index is 1870. The average Bonchev–Trinajstić information content (AvgIpc) is 3.90. The number of benzene rings is 3. The number of hydrogen-bond donors (Lipinski definition) is 2. The average molecular weight is 703 g/mol. The summed E-state index contributed by atoms with van der Waals surface area (Å²) in [6.07, 6.45) is 4.11. The van der Waals surface area contributed by atoms with Crippen LogP contribution in [0.4, 0.5) is 29.3 Å².